The molecule has 7 heteroatoms. The molecule has 176 valence electrons. The molecule has 2 heterocycles. The maximum atomic E-state index is 15.2. The minimum atomic E-state index is -0.806. The molecular weight excluding hydrogens is 435 g/mol. The second-order valence-electron chi connectivity index (χ2n) is 8.56. The second-order valence-corrected chi connectivity index (χ2v) is 8.56. The molecule has 1 aliphatic heterocycles. The van der Waals surface area contributed by atoms with Crippen molar-refractivity contribution >= 4 is 17.4 Å². The number of hydrogen-bond donors (Lipinski definition) is 1. The van der Waals surface area contributed by atoms with E-state index in [1.54, 1.807) is 37.3 Å². The van der Waals surface area contributed by atoms with Crippen LogP contribution in [0.5, 0.6) is 5.75 Å². The van der Waals surface area contributed by atoms with Crippen LogP contribution in [0.4, 0.5) is 10.1 Å². The molecule has 1 aliphatic rings. The minimum Gasteiger partial charge on any atom is -0.497 e. The highest BCUT2D eigenvalue weighted by Crippen LogP contribution is 2.41. The first-order valence-corrected chi connectivity index (χ1v) is 11.3. The number of aromatic nitrogens is 1. The lowest BCUT2D eigenvalue weighted by Crippen LogP contribution is -2.32. The first-order valence-electron chi connectivity index (χ1n) is 11.3. The zero-order chi connectivity index (χ0) is 24.4. The van der Waals surface area contributed by atoms with Gasteiger partial charge in [-0.05, 0) is 48.2 Å². The van der Waals surface area contributed by atoms with Gasteiger partial charge in [-0.15, -0.1) is 0 Å². The fraction of sp³-hybridized carbons (Fsp3) is 0.296. The van der Waals surface area contributed by atoms with Crippen LogP contribution in [0, 0.1) is 18.7 Å². The third-order valence-electron chi connectivity index (χ3n) is 6.54. The van der Waals surface area contributed by atoms with Crippen molar-refractivity contribution in [2.75, 3.05) is 18.6 Å². The van der Waals surface area contributed by atoms with E-state index in [4.69, 9.17) is 4.74 Å². The molecule has 0 spiro atoms. The largest absolute Gasteiger partial charge is 0.497 e. The molecule has 1 saturated heterocycles. The summed E-state index contributed by atoms with van der Waals surface area (Å²) in [6.07, 6.45) is 2.26. The Labute approximate surface area is 197 Å². The predicted molar refractivity (Wildman–Crippen MR) is 128 cm³/mol. The molecule has 2 aromatic carbocycles. The van der Waals surface area contributed by atoms with Gasteiger partial charge >= 0.3 is 0 Å². The van der Waals surface area contributed by atoms with Crippen LogP contribution in [0.2, 0.25) is 0 Å². The van der Waals surface area contributed by atoms with Crippen molar-refractivity contribution in [1.29, 1.82) is 0 Å². The Morgan fingerprint density at radius 3 is 2.53 bits per heavy atom. The quantitative estimate of drug-likeness (QED) is 0.528. The summed E-state index contributed by atoms with van der Waals surface area (Å²) in [6.45, 7) is 3.89. The van der Waals surface area contributed by atoms with Gasteiger partial charge in [0.25, 0.3) is 5.56 Å². The zero-order valence-corrected chi connectivity index (χ0v) is 19.4. The van der Waals surface area contributed by atoms with Gasteiger partial charge in [0.05, 0.1) is 13.0 Å². The molecule has 1 N–H and O–H groups in total. The van der Waals surface area contributed by atoms with Crippen LogP contribution in [-0.4, -0.2) is 30.3 Å². The number of aryl methyl sites for hydroxylation is 2. The first-order chi connectivity index (χ1) is 16.3. The maximum absolute atomic E-state index is 15.2. The van der Waals surface area contributed by atoms with Crippen LogP contribution in [0.15, 0.2) is 59.5 Å². The van der Waals surface area contributed by atoms with E-state index in [1.165, 1.54) is 24.3 Å². The normalized spacial score (nSPS) is 17.8. The Balaban J connectivity index is 1.74. The summed E-state index contributed by atoms with van der Waals surface area (Å²) in [6, 6.07) is 13.5. The number of rotatable bonds is 7. The SMILES string of the molecule is CCc1ccc(C(=O)C[C@@H]2C(=O)N(c3ccc[nH]c3=O)C[C@H]2c2c(C)cc(OC)cc2F)cc1. The number of ketones is 1. The number of hydrogen-bond acceptors (Lipinski definition) is 4. The fourth-order valence-electron chi connectivity index (χ4n) is 4.71. The second kappa shape index (κ2) is 9.63. The molecule has 0 aliphatic carbocycles. The molecular formula is C27H27FN2O4. The van der Waals surface area contributed by atoms with Gasteiger partial charge in [0, 0.05) is 36.7 Å². The first kappa shape index (κ1) is 23.4. The van der Waals surface area contributed by atoms with Gasteiger partial charge in [-0.2, -0.15) is 0 Å². The third kappa shape index (κ3) is 4.38. The highest BCUT2D eigenvalue weighted by Gasteiger charge is 2.45. The van der Waals surface area contributed by atoms with Crippen molar-refractivity contribution in [3.63, 3.8) is 0 Å². The van der Waals surface area contributed by atoms with E-state index in [2.05, 4.69) is 4.98 Å². The lowest BCUT2D eigenvalue weighted by molar-refractivity contribution is -0.120. The van der Waals surface area contributed by atoms with Gasteiger partial charge in [0.2, 0.25) is 5.91 Å². The number of pyridine rings is 1. The van der Waals surface area contributed by atoms with Crippen LogP contribution in [-0.2, 0) is 11.2 Å². The number of methoxy groups -OCH3 is 1. The average molecular weight is 463 g/mol. The molecule has 6 nitrogen and oxygen atoms in total. The summed E-state index contributed by atoms with van der Waals surface area (Å²) < 4.78 is 20.4. The molecule has 3 aromatic rings. The Morgan fingerprint density at radius 2 is 1.91 bits per heavy atom. The zero-order valence-electron chi connectivity index (χ0n) is 19.4. The van der Waals surface area contributed by atoms with Crippen molar-refractivity contribution in [1.82, 2.24) is 4.98 Å². The number of nitrogens with one attached hydrogen (secondary N) is 1. The van der Waals surface area contributed by atoms with E-state index in [-0.39, 0.29) is 30.3 Å². The van der Waals surface area contributed by atoms with E-state index in [0.29, 0.717) is 22.4 Å². The molecule has 0 saturated carbocycles. The molecule has 0 radical (unpaired) electrons. The smallest absolute Gasteiger partial charge is 0.271 e. The number of nitrogens with zero attached hydrogens (tertiary/aromatic N) is 1. The number of Topliss-reactive ketones (excluding diaryl/α,β-unsaturated/α-hetero) is 1. The highest BCUT2D eigenvalue weighted by molar-refractivity contribution is 6.04. The lowest BCUT2D eigenvalue weighted by atomic mass is 9.82. The van der Waals surface area contributed by atoms with Gasteiger partial charge in [-0.3, -0.25) is 14.4 Å². The topological polar surface area (TPSA) is 79.5 Å². The number of H-pyrrole nitrogens is 1. The van der Waals surface area contributed by atoms with Gasteiger partial charge < -0.3 is 14.6 Å². The fourth-order valence-corrected chi connectivity index (χ4v) is 4.71. The summed E-state index contributed by atoms with van der Waals surface area (Å²) in [4.78, 5) is 43.0. The molecule has 2 atom stereocenters. The van der Waals surface area contributed by atoms with E-state index >= 15 is 4.39 Å². The van der Waals surface area contributed by atoms with E-state index < -0.39 is 23.2 Å². The van der Waals surface area contributed by atoms with Crippen molar-refractivity contribution in [2.45, 2.75) is 32.6 Å². The molecule has 0 bridgehead atoms. The van der Waals surface area contributed by atoms with Crippen molar-refractivity contribution < 1.29 is 18.7 Å². The van der Waals surface area contributed by atoms with Crippen molar-refractivity contribution in [3.8, 4) is 5.75 Å². The summed E-state index contributed by atoms with van der Waals surface area (Å²) in [5, 5.41) is 0. The molecule has 34 heavy (non-hydrogen) atoms. The minimum absolute atomic E-state index is 0.0822. The Morgan fingerprint density at radius 1 is 1.18 bits per heavy atom. The third-order valence-corrected chi connectivity index (χ3v) is 6.54. The molecule has 1 fully saturated rings. The molecule has 4 rings (SSSR count). The number of benzene rings is 2. The number of aromatic amines is 1. The Hall–Kier alpha value is -3.74. The number of carbonyl (C=O) groups is 2. The standard InChI is InChI=1S/C27H27FN2O4/c1-4-17-7-9-18(10-8-17)24(31)14-20-21(25-16(2)12-19(34-3)13-22(25)28)15-30(27(20)33)23-6-5-11-29-26(23)32/h5-13,20-21H,4,14-15H2,1-3H3,(H,29,32)/t20-,21+/m0/s1. The number of carbonyl (C=O) groups excluding carboxylic acids is 2. The highest BCUT2D eigenvalue weighted by atomic mass is 19.1. The lowest BCUT2D eigenvalue weighted by Gasteiger charge is -2.20. The number of amides is 1. The maximum Gasteiger partial charge on any atom is 0.271 e. The molecule has 1 amide bonds. The van der Waals surface area contributed by atoms with Crippen LogP contribution in [0.25, 0.3) is 0 Å². The summed E-state index contributed by atoms with van der Waals surface area (Å²) in [5.74, 6) is -2.08. The van der Waals surface area contributed by atoms with E-state index in [1.807, 2.05) is 19.1 Å². The monoisotopic (exact) mass is 462 g/mol. The number of anilines is 1. The Bertz CT molecular complexity index is 1260. The predicted octanol–water partition coefficient (Wildman–Crippen LogP) is 4.41. The molecule has 0 unspecified atom stereocenters. The van der Waals surface area contributed by atoms with Gasteiger partial charge in [-0.1, -0.05) is 31.2 Å². The Kier molecular flexibility index (Phi) is 6.63. The average Bonchev–Trinajstić information content (AvgIpc) is 3.14. The van der Waals surface area contributed by atoms with Crippen LogP contribution >= 0.6 is 0 Å². The van der Waals surface area contributed by atoms with Crippen molar-refractivity contribution in [2.24, 2.45) is 5.92 Å². The van der Waals surface area contributed by atoms with Gasteiger partial charge in [-0.25, -0.2) is 4.39 Å². The summed E-state index contributed by atoms with van der Waals surface area (Å²) in [7, 11) is 1.46. The number of ether oxygens (including phenoxy) is 1. The van der Waals surface area contributed by atoms with Gasteiger partial charge in [0.15, 0.2) is 5.78 Å². The van der Waals surface area contributed by atoms with E-state index in [9.17, 15) is 14.4 Å². The van der Waals surface area contributed by atoms with E-state index in [0.717, 1.165) is 12.0 Å². The van der Waals surface area contributed by atoms with Gasteiger partial charge in [0.1, 0.15) is 17.3 Å². The van der Waals surface area contributed by atoms with Crippen molar-refractivity contribution in [3.05, 3.63) is 93.2 Å². The van der Waals surface area contributed by atoms with Crippen LogP contribution < -0.4 is 15.2 Å². The molecule has 1 aromatic heterocycles. The summed E-state index contributed by atoms with van der Waals surface area (Å²) >= 11 is 0. The summed E-state index contributed by atoms with van der Waals surface area (Å²) in [5.41, 5.74) is 2.38. The van der Waals surface area contributed by atoms with Crippen LogP contribution in [0.3, 0.4) is 0 Å². The van der Waals surface area contributed by atoms with Crippen LogP contribution in [0.1, 0.15) is 46.3 Å². The number of halogens is 1.